The highest BCUT2D eigenvalue weighted by molar-refractivity contribution is 9.10. The fourth-order valence-corrected chi connectivity index (χ4v) is 2.02. The first-order valence-corrected chi connectivity index (χ1v) is 7.37. The highest BCUT2D eigenvalue weighted by Crippen LogP contribution is 2.16. The maximum Gasteiger partial charge on any atom is 0.221 e. The Morgan fingerprint density at radius 1 is 1.26 bits per heavy atom. The van der Waals surface area contributed by atoms with Crippen molar-refractivity contribution in [3.8, 4) is 0 Å². The summed E-state index contributed by atoms with van der Waals surface area (Å²) in [5, 5.41) is 6.31. The van der Waals surface area contributed by atoms with Gasteiger partial charge in [0, 0.05) is 29.0 Å². The Morgan fingerprint density at radius 3 is 2.37 bits per heavy atom. The number of halogens is 1. The molecule has 1 aromatic carbocycles. The van der Waals surface area contributed by atoms with Crippen LogP contribution in [-0.2, 0) is 4.79 Å². The normalized spacial score (nSPS) is 13.1. The van der Waals surface area contributed by atoms with Gasteiger partial charge in [0.25, 0.3) is 0 Å². The number of nitrogens with one attached hydrogen (secondary N) is 2. The monoisotopic (exact) mass is 326 g/mol. The summed E-state index contributed by atoms with van der Waals surface area (Å²) in [6.45, 7) is 8.75. The molecule has 1 atom stereocenters. The van der Waals surface area contributed by atoms with E-state index in [1.165, 1.54) is 5.56 Å². The van der Waals surface area contributed by atoms with Crippen molar-refractivity contribution >= 4 is 21.8 Å². The lowest BCUT2D eigenvalue weighted by atomic mass is 10.1. The molecule has 0 aromatic heterocycles. The molecule has 0 saturated carbocycles. The molecule has 1 unspecified atom stereocenters. The average molecular weight is 327 g/mol. The molecule has 0 spiro atoms. The van der Waals surface area contributed by atoms with Crippen LogP contribution in [-0.4, -0.2) is 18.0 Å². The minimum absolute atomic E-state index is 0.0861. The van der Waals surface area contributed by atoms with Crippen LogP contribution in [0, 0.1) is 0 Å². The molecule has 1 rings (SSSR count). The van der Waals surface area contributed by atoms with Crippen LogP contribution in [0.1, 0.15) is 45.7 Å². The van der Waals surface area contributed by atoms with E-state index in [1.807, 2.05) is 32.9 Å². The fourth-order valence-electron chi connectivity index (χ4n) is 1.75. The van der Waals surface area contributed by atoms with Crippen LogP contribution in [0.5, 0.6) is 0 Å². The number of carbonyl (C=O) groups is 1. The standard InChI is InChI=1S/C15H23BrN2O/c1-11(12-5-7-13(16)8-6-12)17-10-9-14(19)18-15(2,3)4/h5-8,11,17H,9-10H2,1-4H3,(H,18,19). The van der Waals surface area contributed by atoms with Gasteiger partial charge in [-0.1, -0.05) is 28.1 Å². The number of hydrogen-bond donors (Lipinski definition) is 2. The van der Waals surface area contributed by atoms with Gasteiger partial charge in [-0.15, -0.1) is 0 Å². The van der Waals surface area contributed by atoms with Gasteiger partial charge < -0.3 is 10.6 Å². The lowest BCUT2D eigenvalue weighted by molar-refractivity contribution is -0.122. The second-order valence-corrected chi connectivity index (χ2v) is 6.69. The van der Waals surface area contributed by atoms with Gasteiger partial charge in [-0.3, -0.25) is 4.79 Å². The first-order valence-electron chi connectivity index (χ1n) is 6.58. The van der Waals surface area contributed by atoms with E-state index >= 15 is 0 Å². The Balaban J connectivity index is 2.33. The van der Waals surface area contributed by atoms with E-state index in [0.717, 1.165) is 4.47 Å². The third kappa shape index (κ3) is 6.73. The quantitative estimate of drug-likeness (QED) is 0.870. The zero-order valence-corrected chi connectivity index (χ0v) is 13.7. The van der Waals surface area contributed by atoms with Crippen LogP contribution < -0.4 is 10.6 Å². The SMILES string of the molecule is CC(NCCC(=O)NC(C)(C)C)c1ccc(Br)cc1. The van der Waals surface area contributed by atoms with Crippen molar-refractivity contribution in [2.45, 2.75) is 45.7 Å². The molecule has 0 saturated heterocycles. The highest BCUT2D eigenvalue weighted by atomic mass is 79.9. The zero-order chi connectivity index (χ0) is 14.5. The molecule has 3 nitrogen and oxygen atoms in total. The third-order valence-electron chi connectivity index (χ3n) is 2.69. The van der Waals surface area contributed by atoms with Gasteiger partial charge in [-0.2, -0.15) is 0 Å². The van der Waals surface area contributed by atoms with E-state index in [2.05, 4.69) is 45.6 Å². The summed E-state index contributed by atoms with van der Waals surface area (Å²) in [5.74, 6) is 0.0861. The lowest BCUT2D eigenvalue weighted by Gasteiger charge is -2.21. The molecule has 0 radical (unpaired) electrons. The smallest absolute Gasteiger partial charge is 0.221 e. The number of amides is 1. The molecule has 1 amide bonds. The maximum absolute atomic E-state index is 11.7. The van der Waals surface area contributed by atoms with E-state index in [1.54, 1.807) is 0 Å². The van der Waals surface area contributed by atoms with E-state index < -0.39 is 0 Å². The minimum atomic E-state index is -0.158. The molecule has 0 bridgehead atoms. The minimum Gasteiger partial charge on any atom is -0.351 e. The van der Waals surface area contributed by atoms with Crippen molar-refractivity contribution in [2.24, 2.45) is 0 Å². The van der Waals surface area contributed by atoms with Crippen molar-refractivity contribution in [3.05, 3.63) is 34.3 Å². The van der Waals surface area contributed by atoms with Crippen molar-refractivity contribution in [2.75, 3.05) is 6.54 Å². The molecular weight excluding hydrogens is 304 g/mol. The Hall–Kier alpha value is -0.870. The first-order chi connectivity index (χ1) is 8.78. The Bertz CT molecular complexity index is 409. The third-order valence-corrected chi connectivity index (χ3v) is 3.22. The number of benzene rings is 1. The van der Waals surface area contributed by atoms with Crippen molar-refractivity contribution < 1.29 is 4.79 Å². The maximum atomic E-state index is 11.7. The summed E-state index contributed by atoms with van der Waals surface area (Å²) in [7, 11) is 0. The Morgan fingerprint density at radius 2 is 1.84 bits per heavy atom. The predicted molar refractivity (Wildman–Crippen MR) is 83.1 cm³/mol. The summed E-state index contributed by atoms with van der Waals surface area (Å²) >= 11 is 3.42. The molecule has 4 heteroatoms. The fraction of sp³-hybridized carbons (Fsp3) is 0.533. The van der Waals surface area contributed by atoms with Gasteiger partial charge in [-0.25, -0.2) is 0 Å². The van der Waals surface area contributed by atoms with Gasteiger partial charge in [-0.05, 0) is 45.4 Å². The van der Waals surface area contributed by atoms with Crippen molar-refractivity contribution in [1.29, 1.82) is 0 Å². The topological polar surface area (TPSA) is 41.1 Å². The van der Waals surface area contributed by atoms with Crippen LogP contribution in [0.2, 0.25) is 0 Å². The molecule has 0 aliphatic rings. The molecule has 106 valence electrons. The van der Waals surface area contributed by atoms with Gasteiger partial charge >= 0.3 is 0 Å². The number of carbonyl (C=O) groups excluding carboxylic acids is 1. The summed E-state index contributed by atoms with van der Waals surface area (Å²) in [6.07, 6.45) is 0.498. The number of hydrogen-bond acceptors (Lipinski definition) is 2. The molecule has 0 aliphatic carbocycles. The van der Waals surface area contributed by atoms with Gasteiger partial charge in [0.15, 0.2) is 0 Å². The second kappa shape index (κ2) is 7.06. The zero-order valence-electron chi connectivity index (χ0n) is 12.1. The summed E-state index contributed by atoms with van der Waals surface area (Å²) in [6, 6.07) is 8.46. The second-order valence-electron chi connectivity index (χ2n) is 5.78. The van der Waals surface area contributed by atoms with Crippen LogP contribution in [0.3, 0.4) is 0 Å². The predicted octanol–water partition coefficient (Wildman–Crippen LogP) is 3.40. The van der Waals surface area contributed by atoms with Gasteiger partial charge in [0.05, 0.1) is 0 Å². The van der Waals surface area contributed by atoms with Crippen LogP contribution in [0.15, 0.2) is 28.7 Å². The summed E-state index contributed by atoms with van der Waals surface area (Å²) in [4.78, 5) is 11.7. The van der Waals surface area contributed by atoms with E-state index in [9.17, 15) is 4.79 Å². The number of rotatable bonds is 5. The molecule has 2 N–H and O–H groups in total. The Kier molecular flexibility index (Phi) is 6.01. The van der Waals surface area contributed by atoms with Crippen LogP contribution in [0.4, 0.5) is 0 Å². The first kappa shape index (κ1) is 16.2. The molecule has 1 aromatic rings. The van der Waals surface area contributed by atoms with Gasteiger partial charge in [0.1, 0.15) is 0 Å². The highest BCUT2D eigenvalue weighted by Gasteiger charge is 2.13. The Labute approximate surface area is 124 Å². The summed E-state index contributed by atoms with van der Waals surface area (Å²) in [5.41, 5.74) is 1.06. The largest absolute Gasteiger partial charge is 0.351 e. The van der Waals surface area contributed by atoms with Crippen molar-refractivity contribution in [3.63, 3.8) is 0 Å². The lowest BCUT2D eigenvalue weighted by Crippen LogP contribution is -2.41. The van der Waals surface area contributed by atoms with E-state index in [0.29, 0.717) is 13.0 Å². The molecular formula is C15H23BrN2O. The average Bonchev–Trinajstić information content (AvgIpc) is 2.27. The van der Waals surface area contributed by atoms with Crippen LogP contribution >= 0.6 is 15.9 Å². The van der Waals surface area contributed by atoms with Gasteiger partial charge in [0.2, 0.25) is 5.91 Å². The summed E-state index contributed by atoms with van der Waals surface area (Å²) < 4.78 is 1.08. The van der Waals surface area contributed by atoms with E-state index in [4.69, 9.17) is 0 Å². The molecule has 0 fully saturated rings. The molecule has 19 heavy (non-hydrogen) atoms. The molecule has 0 heterocycles. The van der Waals surface area contributed by atoms with Crippen molar-refractivity contribution in [1.82, 2.24) is 10.6 Å². The van der Waals surface area contributed by atoms with Crippen LogP contribution in [0.25, 0.3) is 0 Å². The molecule has 0 aliphatic heterocycles. The van der Waals surface area contributed by atoms with E-state index in [-0.39, 0.29) is 17.5 Å².